The zero-order valence-electron chi connectivity index (χ0n) is 23.6. The van der Waals surface area contributed by atoms with Crippen molar-refractivity contribution in [3.8, 4) is 0 Å². The molecule has 0 spiro atoms. The first-order valence-corrected chi connectivity index (χ1v) is 16.1. The molecule has 0 aliphatic carbocycles. The molecule has 0 atom stereocenters. The Morgan fingerprint density at radius 3 is 1.95 bits per heavy atom. The van der Waals surface area contributed by atoms with Crippen LogP contribution in [-0.4, -0.2) is 45.6 Å². The van der Waals surface area contributed by atoms with Crippen molar-refractivity contribution >= 4 is 64.4 Å². The number of halogens is 2. The molecule has 3 rings (SSSR count). The number of fused-ring (bicyclic) bond motifs is 1. The number of carboxylic acids is 1. The van der Waals surface area contributed by atoms with Crippen LogP contribution in [0.15, 0.2) is 35.7 Å². The van der Waals surface area contributed by atoms with Crippen LogP contribution in [0.1, 0.15) is 126 Å². The quantitative estimate of drug-likeness (QED) is 0.135. The summed E-state index contributed by atoms with van der Waals surface area (Å²) in [4.78, 5) is 14.4. The Balaban J connectivity index is 0.000000708. The Hall–Kier alpha value is -0.304. The summed E-state index contributed by atoms with van der Waals surface area (Å²) in [5.74, 6) is -0.653. The minimum absolute atomic E-state index is 0. The van der Waals surface area contributed by atoms with Crippen molar-refractivity contribution in [3.05, 3.63) is 56.7 Å². The van der Waals surface area contributed by atoms with E-state index < -0.39 is 5.97 Å². The van der Waals surface area contributed by atoms with Crippen molar-refractivity contribution in [2.75, 3.05) is 6.54 Å². The Kier molecular flexibility index (Phi) is 25.2. The molecule has 0 unspecified atom stereocenters. The summed E-state index contributed by atoms with van der Waals surface area (Å²) in [5, 5.41) is 11.6. The topological polar surface area (TPSA) is 40.5 Å². The minimum atomic E-state index is -0.653. The summed E-state index contributed by atoms with van der Waals surface area (Å²) in [7, 11) is 0. The van der Waals surface area contributed by atoms with Gasteiger partial charge in [-0.05, 0) is 41.5 Å². The minimum Gasteiger partial charge on any atom is -0.481 e. The van der Waals surface area contributed by atoms with Crippen molar-refractivity contribution in [3.63, 3.8) is 0 Å². The van der Waals surface area contributed by atoms with Crippen LogP contribution in [0.5, 0.6) is 0 Å². The van der Waals surface area contributed by atoms with Gasteiger partial charge in [0, 0.05) is 36.0 Å². The lowest BCUT2D eigenvalue weighted by Gasteiger charge is -2.27. The highest BCUT2D eigenvalue weighted by Gasteiger charge is 2.17. The van der Waals surface area contributed by atoms with E-state index >= 15 is 0 Å². The number of rotatable bonds is 18. The van der Waals surface area contributed by atoms with Gasteiger partial charge in [0.15, 0.2) is 0 Å². The molecule has 1 N–H and O–H groups in total. The van der Waals surface area contributed by atoms with Crippen molar-refractivity contribution < 1.29 is 9.90 Å². The molecule has 0 saturated heterocycles. The highest BCUT2D eigenvalue weighted by atomic mass is 35.5. The number of benzene rings is 1. The highest BCUT2D eigenvalue weighted by molar-refractivity contribution is 7.10. The maximum Gasteiger partial charge on any atom is 0.316 e. The number of aliphatic carboxylic acids is 1. The zero-order valence-corrected chi connectivity index (χ0v) is 26.0. The molecule has 7 heteroatoms. The lowest BCUT2D eigenvalue weighted by molar-refractivity contribution is -0.137. The third-order valence-corrected chi connectivity index (χ3v) is 8.62. The second kappa shape index (κ2) is 25.4. The Morgan fingerprint density at radius 2 is 1.41 bits per heavy atom. The van der Waals surface area contributed by atoms with Crippen LogP contribution >= 0.6 is 35.3 Å². The van der Waals surface area contributed by atoms with E-state index in [1.54, 1.807) is 4.88 Å². The van der Waals surface area contributed by atoms with Crippen LogP contribution in [-0.2, 0) is 24.3 Å². The zero-order chi connectivity index (χ0) is 26.6. The van der Waals surface area contributed by atoms with Gasteiger partial charge in [0.25, 0.3) is 0 Å². The largest absolute Gasteiger partial charge is 0.481 e. The van der Waals surface area contributed by atoms with Gasteiger partial charge < -0.3 is 5.11 Å². The second-order valence-corrected chi connectivity index (χ2v) is 11.9. The molecule has 1 aliphatic rings. The van der Waals surface area contributed by atoms with Crippen LogP contribution in [0.3, 0.4) is 0 Å². The highest BCUT2D eigenvalue weighted by Crippen LogP contribution is 2.26. The van der Waals surface area contributed by atoms with Gasteiger partial charge in [-0.3, -0.25) is 9.69 Å². The molecule has 220 valence electrons. The van der Waals surface area contributed by atoms with Crippen molar-refractivity contribution in [2.24, 2.45) is 0 Å². The molecule has 0 saturated carbocycles. The first-order chi connectivity index (χ1) is 18.1. The van der Waals surface area contributed by atoms with Crippen molar-refractivity contribution in [1.82, 2.24) is 4.90 Å². The van der Waals surface area contributed by atoms with Crippen LogP contribution in [0, 0.1) is 0 Å². The molecule has 3 nitrogen and oxygen atoms in total. The summed E-state index contributed by atoms with van der Waals surface area (Å²) < 4.78 is 0. The fourth-order valence-electron chi connectivity index (χ4n) is 4.96. The van der Waals surface area contributed by atoms with E-state index in [9.17, 15) is 4.79 Å². The number of unbranched alkanes of at least 4 members (excludes halogenated alkanes) is 14. The third-order valence-electron chi connectivity index (χ3n) is 7.23. The monoisotopic (exact) mass is 609 g/mol. The predicted molar refractivity (Wildman–Crippen MR) is 177 cm³/mol. The molecule has 1 aromatic carbocycles. The average molecular weight is 611 g/mol. The molecule has 0 radical (unpaired) electrons. The Morgan fingerprint density at radius 1 is 0.872 bits per heavy atom. The van der Waals surface area contributed by atoms with Crippen LogP contribution < -0.4 is 0 Å². The van der Waals surface area contributed by atoms with Gasteiger partial charge in [0.2, 0.25) is 0 Å². The number of nitrogens with zero attached hydrogens (tertiary/aromatic N) is 1. The molecule has 1 aliphatic heterocycles. The molecule has 1 aromatic heterocycles. The number of thiophene rings is 1. The normalized spacial score (nSPS) is 12.5. The van der Waals surface area contributed by atoms with Gasteiger partial charge in [-0.1, -0.05) is 127 Å². The number of carbonyl (C=O) groups is 1. The van der Waals surface area contributed by atoms with Crippen LogP contribution in [0.4, 0.5) is 0 Å². The summed E-state index contributed by atoms with van der Waals surface area (Å²) in [5.41, 5.74) is 2.72. The van der Waals surface area contributed by atoms with E-state index in [2.05, 4.69) is 35.4 Å². The van der Waals surface area contributed by atoms with E-state index in [0.717, 1.165) is 37.5 Å². The smallest absolute Gasteiger partial charge is 0.316 e. The average Bonchev–Trinajstić information content (AvgIpc) is 3.36. The van der Waals surface area contributed by atoms with Crippen molar-refractivity contribution in [1.29, 1.82) is 0 Å². The van der Waals surface area contributed by atoms with Gasteiger partial charge in [-0.25, -0.2) is 0 Å². The molecule has 0 amide bonds. The fourth-order valence-corrected chi connectivity index (χ4v) is 6.04. The lowest BCUT2D eigenvalue weighted by Crippen LogP contribution is -2.29. The summed E-state index contributed by atoms with van der Waals surface area (Å²) in [6, 6.07) is 10.4. The van der Waals surface area contributed by atoms with Gasteiger partial charge in [0.1, 0.15) is 0 Å². The summed E-state index contributed by atoms with van der Waals surface area (Å²) in [6.07, 6.45) is 21.4. The summed E-state index contributed by atoms with van der Waals surface area (Å²) >= 11 is 8.08. The Bertz CT molecular complexity index is 864. The van der Waals surface area contributed by atoms with E-state index in [-0.39, 0.29) is 35.5 Å². The standard InChI is InChI=1S/C18H36O2.C14H14ClNS.ClH.Mg.2H/c1-2-3-4-5-6-7-8-9-10-11-12-13-14-15-16-17-18(19)20;15-13-4-2-1-3-11(13)9-16-7-5-14-12(10-16)6-8-17-14;;;;/h2-17H2,1H3,(H,19,20);1-4,6,8H,5,7,9-10H2;1H;;;. The van der Waals surface area contributed by atoms with E-state index in [1.165, 1.54) is 101 Å². The molecule has 2 heterocycles. The predicted octanol–water partition coefficient (Wildman–Crippen LogP) is 9.80. The number of hydrogen-bond donors (Lipinski definition) is 1. The maximum atomic E-state index is 10.3. The van der Waals surface area contributed by atoms with Crippen LogP contribution in [0.2, 0.25) is 5.02 Å². The fraction of sp³-hybridized carbons (Fsp3) is 0.656. The molecular formula is C32H53Cl2MgNO2S. The van der Waals surface area contributed by atoms with E-state index in [0.29, 0.717) is 6.42 Å². The number of carboxylic acid groups (broad SMARTS) is 1. The van der Waals surface area contributed by atoms with Gasteiger partial charge in [-0.15, -0.1) is 23.7 Å². The molecule has 2 aromatic rings. The first kappa shape index (κ1) is 38.7. The molecule has 0 fully saturated rings. The molecular weight excluding hydrogens is 558 g/mol. The van der Waals surface area contributed by atoms with Crippen LogP contribution in [0.25, 0.3) is 0 Å². The van der Waals surface area contributed by atoms with E-state index in [4.69, 9.17) is 16.7 Å². The van der Waals surface area contributed by atoms with E-state index in [1.807, 2.05) is 23.5 Å². The summed E-state index contributed by atoms with van der Waals surface area (Å²) in [6.45, 7) is 5.42. The Labute approximate surface area is 270 Å². The SMILES string of the molecule is CCCCCCCCCCCCCCCCCC(=O)O.Cl.Clc1ccccc1CN1CCc2sccc2C1.[MgH2]. The first-order valence-electron chi connectivity index (χ1n) is 14.8. The van der Waals surface area contributed by atoms with Crippen molar-refractivity contribution in [2.45, 2.75) is 129 Å². The molecule has 0 bridgehead atoms. The van der Waals surface area contributed by atoms with Gasteiger partial charge in [-0.2, -0.15) is 0 Å². The second-order valence-electron chi connectivity index (χ2n) is 10.5. The molecule has 39 heavy (non-hydrogen) atoms. The van der Waals surface area contributed by atoms with Gasteiger partial charge in [0.05, 0.1) is 0 Å². The van der Waals surface area contributed by atoms with Gasteiger partial charge >= 0.3 is 29.0 Å². The lowest BCUT2D eigenvalue weighted by atomic mass is 10.0. The third kappa shape index (κ3) is 18.7. The number of hydrogen-bond acceptors (Lipinski definition) is 3. The maximum absolute atomic E-state index is 10.3.